The first kappa shape index (κ1) is 13.1. The Kier molecular flexibility index (Phi) is 3.22. The summed E-state index contributed by atoms with van der Waals surface area (Å²) < 4.78 is 7.60. The van der Waals surface area contributed by atoms with Gasteiger partial charge >= 0.3 is 0 Å². The monoisotopic (exact) mass is 290 g/mol. The second-order valence-corrected chi connectivity index (χ2v) is 5.08. The molecular weight excluding hydrogens is 276 g/mol. The van der Waals surface area contributed by atoms with Crippen LogP contribution in [0.15, 0.2) is 22.7 Å². The lowest BCUT2D eigenvalue weighted by Gasteiger charge is -2.13. The van der Waals surface area contributed by atoms with Gasteiger partial charge in [0.15, 0.2) is 5.65 Å². The van der Waals surface area contributed by atoms with Crippen molar-refractivity contribution in [3.63, 3.8) is 0 Å². The minimum absolute atomic E-state index is 0.100. The van der Waals surface area contributed by atoms with Crippen molar-refractivity contribution in [2.75, 3.05) is 0 Å². The van der Waals surface area contributed by atoms with Crippen molar-refractivity contribution in [1.29, 1.82) is 0 Å². The molecule has 3 rings (SSSR count). The van der Waals surface area contributed by atoms with E-state index >= 15 is 0 Å². The number of oxazole rings is 1. The number of pyridine rings is 1. The molecule has 20 heavy (non-hydrogen) atoms. The van der Waals surface area contributed by atoms with Crippen LogP contribution in [0, 0.1) is 13.8 Å². The number of hydrogen-bond acceptors (Lipinski definition) is 4. The topological polar surface area (TPSA) is 56.7 Å². The summed E-state index contributed by atoms with van der Waals surface area (Å²) in [7, 11) is 0. The van der Waals surface area contributed by atoms with Crippen LogP contribution in [0.1, 0.15) is 36.1 Å². The molecule has 3 aromatic rings. The van der Waals surface area contributed by atoms with Gasteiger partial charge in [-0.25, -0.2) is 15.0 Å². The quantitative estimate of drug-likeness (QED) is 0.694. The first-order valence-corrected chi connectivity index (χ1v) is 6.96. The fourth-order valence-corrected chi connectivity index (χ4v) is 2.48. The van der Waals surface area contributed by atoms with Crippen LogP contribution in [-0.2, 0) is 5.88 Å². The minimum Gasteiger partial charge on any atom is -0.444 e. The summed E-state index contributed by atoms with van der Waals surface area (Å²) in [5, 5.41) is 0. The molecule has 3 heterocycles. The molecule has 0 saturated carbocycles. The predicted octanol–water partition coefficient (Wildman–Crippen LogP) is 3.38. The van der Waals surface area contributed by atoms with Gasteiger partial charge in [0.1, 0.15) is 23.1 Å². The highest BCUT2D eigenvalue weighted by molar-refractivity contribution is 6.16. The zero-order valence-corrected chi connectivity index (χ0v) is 12.3. The maximum Gasteiger partial charge on any atom is 0.217 e. The standard InChI is InChI=1S/C14H15ClN4O/c1-8-4-5-11-13(17-8)19(12(6-15)18-11)10(3)14-16-7-9(2)20-14/h4-5,7,10H,6H2,1-3H3. The number of rotatable bonds is 3. The molecule has 1 atom stereocenters. The van der Waals surface area contributed by atoms with E-state index in [2.05, 4.69) is 15.0 Å². The Morgan fingerprint density at radius 1 is 1.30 bits per heavy atom. The van der Waals surface area contributed by atoms with Crippen LogP contribution in [0.2, 0.25) is 0 Å². The fraction of sp³-hybridized carbons (Fsp3) is 0.357. The smallest absolute Gasteiger partial charge is 0.217 e. The number of imidazole rings is 1. The molecule has 6 heteroatoms. The summed E-state index contributed by atoms with van der Waals surface area (Å²) in [5.74, 6) is 2.51. The van der Waals surface area contributed by atoms with Gasteiger partial charge in [-0.2, -0.15) is 0 Å². The lowest BCUT2D eigenvalue weighted by Crippen LogP contribution is -2.11. The zero-order valence-electron chi connectivity index (χ0n) is 11.6. The van der Waals surface area contributed by atoms with E-state index in [0.717, 1.165) is 28.4 Å². The summed E-state index contributed by atoms with van der Waals surface area (Å²) in [5.41, 5.74) is 2.58. The van der Waals surface area contributed by atoms with Gasteiger partial charge < -0.3 is 4.42 Å². The molecule has 0 aromatic carbocycles. The number of alkyl halides is 1. The third-order valence-electron chi connectivity index (χ3n) is 3.25. The van der Waals surface area contributed by atoms with Crippen molar-refractivity contribution in [2.45, 2.75) is 32.7 Å². The summed E-state index contributed by atoms with van der Waals surface area (Å²) in [6.45, 7) is 5.84. The molecule has 5 nitrogen and oxygen atoms in total. The van der Waals surface area contributed by atoms with Gasteiger partial charge in [-0.15, -0.1) is 11.6 Å². The average molecular weight is 291 g/mol. The van der Waals surface area contributed by atoms with E-state index in [0.29, 0.717) is 11.8 Å². The van der Waals surface area contributed by atoms with Gasteiger partial charge in [-0.3, -0.25) is 4.57 Å². The van der Waals surface area contributed by atoms with Gasteiger partial charge in [0.2, 0.25) is 5.89 Å². The second kappa shape index (κ2) is 4.90. The maximum atomic E-state index is 6.02. The minimum atomic E-state index is -0.100. The molecule has 0 bridgehead atoms. The van der Waals surface area contributed by atoms with Gasteiger partial charge in [-0.1, -0.05) is 0 Å². The molecule has 3 aromatic heterocycles. The number of aryl methyl sites for hydroxylation is 2. The molecule has 0 aliphatic heterocycles. The van der Waals surface area contributed by atoms with E-state index in [1.165, 1.54) is 0 Å². The summed E-state index contributed by atoms with van der Waals surface area (Å²) >= 11 is 6.02. The van der Waals surface area contributed by atoms with Crippen LogP contribution in [-0.4, -0.2) is 19.5 Å². The third kappa shape index (κ3) is 2.08. The Bertz CT molecular complexity index is 762. The van der Waals surface area contributed by atoms with E-state index in [1.807, 2.05) is 37.5 Å². The molecule has 0 saturated heterocycles. The first-order chi connectivity index (χ1) is 9.60. The summed E-state index contributed by atoms with van der Waals surface area (Å²) in [4.78, 5) is 13.4. The van der Waals surface area contributed by atoms with E-state index in [9.17, 15) is 0 Å². The first-order valence-electron chi connectivity index (χ1n) is 6.43. The van der Waals surface area contributed by atoms with Gasteiger partial charge in [0.25, 0.3) is 0 Å². The molecule has 0 radical (unpaired) electrons. The lowest BCUT2D eigenvalue weighted by atomic mass is 10.3. The van der Waals surface area contributed by atoms with Crippen molar-refractivity contribution in [3.8, 4) is 0 Å². The highest BCUT2D eigenvalue weighted by atomic mass is 35.5. The average Bonchev–Trinajstić information content (AvgIpc) is 3.01. The molecule has 0 amide bonds. The van der Waals surface area contributed by atoms with Gasteiger partial charge in [-0.05, 0) is 32.9 Å². The summed E-state index contributed by atoms with van der Waals surface area (Å²) in [6.07, 6.45) is 1.71. The van der Waals surface area contributed by atoms with Gasteiger partial charge in [0, 0.05) is 5.69 Å². The molecule has 0 spiro atoms. The van der Waals surface area contributed by atoms with Crippen LogP contribution in [0.4, 0.5) is 0 Å². The number of nitrogens with zero attached hydrogens (tertiary/aromatic N) is 4. The predicted molar refractivity (Wildman–Crippen MR) is 76.9 cm³/mol. The van der Waals surface area contributed by atoms with Crippen molar-refractivity contribution in [3.05, 3.63) is 41.5 Å². The van der Waals surface area contributed by atoms with E-state index in [4.69, 9.17) is 16.0 Å². The molecule has 0 aliphatic rings. The molecule has 0 aliphatic carbocycles. The number of aromatic nitrogens is 4. The second-order valence-electron chi connectivity index (χ2n) is 4.81. The summed E-state index contributed by atoms with van der Waals surface area (Å²) in [6, 6.07) is 3.80. The normalized spacial score (nSPS) is 13.0. The van der Waals surface area contributed by atoms with Crippen molar-refractivity contribution in [2.24, 2.45) is 0 Å². The van der Waals surface area contributed by atoms with Crippen LogP contribution in [0.5, 0.6) is 0 Å². The molecule has 0 N–H and O–H groups in total. The third-order valence-corrected chi connectivity index (χ3v) is 3.49. The molecule has 1 unspecified atom stereocenters. The highest BCUT2D eigenvalue weighted by Crippen LogP contribution is 2.25. The maximum absolute atomic E-state index is 6.02. The highest BCUT2D eigenvalue weighted by Gasteiger charge is 2.21. The van der Waals surface area contributed by atoms with E-state index < -0.39 is 0 Å². The van der Waals surface area contributed by atoms with Crippen LogP contribution >= 0.6 is 11.6 Å². The number of halogens is 1. The largest absolute Gasteiger partial charge is 0.444 e. The molecule has 104 valence electrons. The van der Waals surface area contributed by atoms with Crippen LogP contribution in [0.25, 0.3) is 11.2 Å². The SMILES string of the molecule is Cc1ccc2nc(CCl)n(C(C)c3ncc(C)o3)c2n1. The van der Waals surface area contributed by atoms with Gasteiger partial charge in [0.05, 0.1) is 12.1 Å². The molecular formula is C14H15ClN4O. The lowest BCUT2D eigenvalue weighted by molar-refractivity contribution is 0.414. The van der Waals surface area contributed by atoms with E-state index in [1.54, 1.807) is 6.20 Å². The number of hydrogen-bond donors (Lipinski definition) is 0. The Morgan fingerprint density at radius 2 is 2.10 bits per heavy atom. The molecule has 0 fully saturated rings. The van der Waals surface area contributed by atoms with Crippen molar-refractivity contribution < 1.29 is 4.42 Å². The Balaban J connectivity index is 2.20. The fourth-order valence-electron chi connectivity index (χ4n) is 2.29. The Hall–Kier alpha value is -1.88. The number of fused-ring (bicyclic) bond motifs is 1. The van der Waals surface area contributed by atoms with Crippen molar-refractivity contribution in [1.82, 2.24) is 19.5 Å². The Labute approximate surface area is 121 Å². The van der Waals surface area contributed by atoms with Crippen LogP contribution < -0.4 is 0 Å². The van der Waals surface area contributed by atoms with E-state index in [-0.39, 0.29) is 6.04 Å². The Morgan fingerprint density at radius 3 is 2.75 bits per heavy atom. The zero-order chi connectivity index (χ0) is 14.3. The van der Waals surface area contributed by atoms with Crippen molar-refractivity contribution >= 4 is 22.8 Å². The van der Waals surface area contributed by atoms with Crippen LogP contribution in [0.3, 0.4) is 0 Å².